The third-order valence-corrected chi connectivity index (χ3v) is 4.22. The van der Waals surface area contributed by atoms with Crippen LogP contribution >= 0.6 is 0 Å². The molecule has 0 saturated carbocycles. The molecular weight excluding hydrogens is 288 g/mol. The van der Waals surface area contributed by atoms with E-state index in [1.165, 1.54) is 6.07 Å². The van der Waals surface area contributed by atoms with Crippen LogP contribution in [0.4, 0.5) is 5.69 Å². The van der Waals surface area contributed by atoms with Gasteiger partial charge in [-0.05, 0) is 0 Å². The molecule has 22 heavy (non-hydrogen) atoms. The number of nitrogens with zero attached hydrogens (tertiary/aromatic N) is 2. The van der Waals surface area contributed by atoms with Gasteiger partial charge >= 0.3 is 0 Å². The molecule has 1 aromatic rings. The molecule has 118 valence electrons. The van der Waals surface area contributed by atoms with E-state index in [4.69, 9.17) is 9.47 Å². The zero-order chi connectivity index (χ0) is 15.6. The van der Waals surface area contributed by atoms with E-state index in [2.05, 4.69) is 0 Å². The molecule has 2 aliphatic rings. The monoisotopic (exact) mass is 306 g/mol. The van der Waals surface area contributed by atoms with Gasteiger partial charge < -0.3 is 14.4 Å². The van der Waals surface area contributed by atoms with Crippen molar-refractivity contribution in [1.82, 2.24) is 4.90 Å². The first-order valence-electron chi connectivity index (χ1n) is 7.38. The topological polar surface area (TPSA) is 81.9 Å². The highest BCUT2D eigenvalue weighted by atomic mass is 16.7. The van der Waals surface area contributed by atoms with Crippen molar-refractivity contribution in [2.24, 2.45) is 0 Å². The first kappa shape index (κ1) is 14.9. The van der Waals surface area contributed by atoms with E-state index in [1.54, 1.807) is 23.1 Å². The summed E-state index contributed by atoms with van der Waals surface area (Å²) in [5, 5.41) is 11.0. The summed E-state index contributed by atoms with van der Waals surface area (Å²) in [5.41, 5.74) is 0.443. The molecule has 2 fully saturated rings. The number of likely N-dealkylation sites (tertiary alicyclic amines) is 1. The van der Waals surface area contributed by atoms with Gasteiger partial charge in [-0.15, -0.1) is 0 Å². The molecule has 7 nitrogen and oxygen atoms in total. The second-order valence-corrected chi connectivity index (χ2v) is 5.55. The Hall–Kier alpha value is -1.99. The van der Waals surface area contributed by atoms with Gasteiger partial charge in [0, 0.05) is 37.6 Å². The molecule has 0 aliphatic carbocycles. The van der Waals surface area contributed by atoms with E-state index in [9.17, 15) is 14.9 Å². The third kappa shape index (κ3) is 2.95. The second-order valence-electron chi connectivity index (χ2n) is 5.55. The summed E-state index contributed by atoms with van der Waals surface area (Å²) >= 11 is 0. The van der Waals surface area contributed by atoms with E-state index in [0.717, 1.165) is 0 Å². The number of hydrogen-bond acceptors (Lipinski definition) is 5. The number of amides is 1. The van der Waals surface area contributed by atoms with Crippen LogP contribution in [-0.4, -0.2) is 47.8 Å². The number of rotatable bonds is 3. The smallest absolute Gasteiger partial charge is 0.273 e. The lowest BCUT2D eigenvalue weighted by Gasteiger charge is -2.37. The Bertz CT molecular complexity index is 573. The zero-order valence-electron chi connectivity index (χ0n) is 12.2. The standard InChI is InChI=1S/C15H18N2O5/c18-14(11-12-3-1-2-4-13(12)17(19)20)16-7-5-15(6-8-16)21-9-10-22-15/h1-4H,5-11H2. The van der Waals surface area contributed by atoms with E-state index in [0.29, 0.717) is 44.7 Å². The van der Waals surface area contributed by atoms with Gasteiger partial charge in [0.1, 0.15) is 0 Å². The number of nitro benzene ring substituents is 1. The van der Waals surface area contributed by atoms with Crippen molar-refractivity contribution in [1.29, 1.82) is 0 Å². The molecule has 0 N–H and O–H groups in total. The molecule has 0 aromatic heterocycles. The summed E-state index contributed by atoms with van der Waals surface area (Å²) in [7, 11) is 0. The predicted molar refractivity (Wildman–Crippen MR) is 77.2 cm³/mol. The number of para-hydroxylation sites is 1. The maximum Gasteiger partial charge on any atom is 0.273 e. The van der Waals surface area contributed by atoms with Gasteiger partial charge in [0.25, 0.3) is 5.69 Å². The summed E-state index contributed by atoms with van der Waals surface area (Å²) in [4.78, 5) is 24.6. The van der Waals surface area contributed by atoms with Gasteiger partial charge in [-0.2, -0.15) is 0 Å². The highest BCUT2D eigenvalue weighted by Crippen LogP contribution is 2.31. The molecule has 2 aliphatic heterocycles. The van der Waals surface area contributed by atoms with E-state index in [1.807, 2.05) is 0 Å². The number of benzene rings is 1. The van der Waals surface area contributed by atoms with Gasteiger partial charge in [-0.3, -0.25) is 14.9 Å². The Morgan fingerprint density at radius 3 is 2.50 bits per heavy atom. The molecular formula is C15H18N2O5. The largest absolute Gasteiger partial charge is 0.347 e. The summed E-state index contributed by atoms with van der Waals surface area (Å²) in [6.45, 7) is 2.31. The minimum atomic E-state index is -0.518. The first-order valence-corrected chi connectivity index (χ1v) is 7.38. The van der Waals surface area contributed by atoms with Crippen LogP contribution in [0.25, 0.3) is 0 Å². The van der Waals surface area contributed by atoms with Crippen LogP contribution in [-0.2, 0) is 20.7 Å². The zero-order valence-corrected chi connectivity index (χ0v) is 12.2. The van der Waals surface area contributed by atoms with E-state index >= 15 is 0 Å². The number of hydrogen-bond donors (Lipinski definition) is 0. The highest BCUT2D eigenvalue weighted by molar-refractivity contribution is 5.80. The van der Waals surface area contributed by atoms with E-state index < -0.39 is 10.7 Å². The first-order chi connectivity index (χ1) is 10.6. The molecule has 2 heterocycles. The van der Waals surface area contributed by atoms with Crippen LogP contribution < -0.4 is 0 Å². The summed E-state index contributed by atoms with van der Waals surface area (Å²) in [6.07, 6.45) is 1.34. The lowest BCUT2D eigenvalue weighted by molar-refractivity contribution is -0.385. The van der Waals surface area contributed by atoms with Gasteiger partial charge in [0.05, 0.1) is 24.6 Å². The van der Waals surface area contributed by atoms with Gasteiger partial charge in [0.2, 0.25) is 5.91 Å². The molecule has 0 bridgehead atoms. The fourth-order valence-corrected chi connectivity index (χ4v) is 3.00. The summed E-state index contributed by atoms with van der Waals surface area (Å²) in [6, 6.07) is 6.37. The lowest BCUT2D eigenvalue weighted by atomic mass is 10.0. The van der Waals surface area contributed by atoms with Crippen molar-refractivity contribution in [3.05, 3.63) is 39.9 Å². The number of carbonyl (C=O) groups excluding carboxylic acids is 1. The average molecular weight is 306 g/mol. The van der Waals surface area contributed by atoms with Crippen LogP contribution in [0.5, 0.6) is 0 Å². The molecule has 0 atom stereocenters. The Labute approximate surface area is 128 Å². The highest BCUT2D eigenvalue weighted by Gasteiger charge is 2.40. The quantitative estimate of drug-likeness (QED) is 0.624. The van der Waals surface area contributed by atoms with Gasteiger partial charge in [-0.1, -0.05) is 18.2 Å². The predicted octanol–water partition coefficient (Wildman–Crippen LogP) is 1.50. The SMILES string of the molecule is O=C(Cc1ccccc1[N+](=O)[O-])N1CCC2(CC1)OCCO2. The van der Waals surface area contributed by atoms with E-state index in [-0.39, 0.29) is 18.0 Å². The molecule has 1 amide bonds. The van der Waals surface area contributed by atoms with Crippen molar-refractivity contribution in [2.75, 3.05) is 26.3 Å². The maximum absolute atomic E-state index is 12.4. The Morgan fingerprint density at radius 1 is 1.23 bits per heavy atom. The average Bonchev–Trinajstić information content (AvgIpc) is 2.96. The van der Waals surface area contributed by atoms with Crippen molar-refractivity contribution < 1.29 is 19.2 Å². The molecule has 3 rings (SSSR count). The van der Waals surface area contributed by atoms with Crippen LogP contribution in [0.15, 0.2) is 24.3 Å². The molecule has 2 saturated heterocycles. The van der Waals surface area contributed by atoms with Crippen LogP contribution in [0.3, 0.4) is 0 Å². The molecule has 1 spiro atoms. The second kappa shape index (κ2) is 6.02. The number of ether oxygens (including phenoxy) is 2. The maximum atomic E-state index is 12.4. The summed E-state index contributed by atoms with van der Waals surface area (Å²) < 4.78 is 11.3. The molecule has 0 unspecified atom stereocenters. The Balaban J connectivity index is 1.62. The number of nitro groups is 1. The molecule has 7 heteroatoms. The Kier molecular flexibility index (Phi) is 4.08. The number of piperidine rings is 1. The molecule has 0 radical (unpaired) electrons. The third-order valence-electron chi connectivity index (χ3n) is 4.22. The minimum absolute atomic E-state index is 0.00760. The van der Waals surface area contributed by atoms with Crippen LogP contribution in [0, 0.1) is 10.1 Å². The van der Waals surface area contributed by atoms with Gasteiger partial charge in [-0.25, -0.2) is 0 Å². The number of carbonyl (C=O) groups is 1. The molecule has 1 aromatic carbocycles. The van der Waals surface area contributed by atoms with Crippen molar-refractivity contribution in [2.45, 2.75) is 25.0 Å². The fraction of sp³-hybridized carbons (Fsp3) is 0.533. The van der Waals surface area contributed by atoms with Crippen molar-refractivity contribution in [3.63, 3.8) is 0 Å². The van der Waals surface area contributed by atoms with Crippen molar-refractivity contribution in [3.8, 4) is 0 Å². The van der Waals surface area contributed by atoms with Gasteiger partial charge in [0.15, 0.2) is 5.79 Å². The van der Waals surface area contributed by atoms with Crippen LogP contribution in [0.2, 0.25) is 0 Å². The van der Waals surface area contributed by atoms with Crippen molar-refractivity contribution >= 4 is 11.6 Å². The normalized spacial score (nSPS) is 20.3. The van der Waals surface area contributed by atoms with Crippen LogP contribution in [0.1, 0.15) is 18.4 Å². The summed E-state index contributed by atoms with van der Waals surface area (Å²) in [5.74, 6) is -0.614. The minimum Gasteiger partial charge on any atom is -0.347 e. The Morgan fingerprint density at radius 2 is 1.86 bits per heavy atom. The fourth-order valence-electron chi connectivity index (χ4n) is 3.00. The lowest BCUT2D eigenvalue weighted by Crippen LogP contribution is -2.47.